The van der Waals surface area contributed by atoms with E-state index in [-0.39, 0.29) is 0 Å². The number of hydrogen-bond donors (Lipinski definition) is 4. The van der Waals surface area contributed by atoms with Crippen LogP contribution in [0.15, 0.2) is 109 Å². The van der Waals surface area contributed by atoms with E-state index in [1.807, 2.05) is 72.8 Å². The fraction of sp³-hybridized carbons (Fsp3) is 0. The van der Waals surface area contributed by atoms with E-state index in [9.17, 15) is 0 Å². The Morgan fingerprint density at radius 3 is 0.882 bits per heavy atom. The third kappa shape index (κ3) is 4.43. The van der Waals surface area contributed by atoms with Crippen LogP contribution >= 0.6 is 0 Å². The smallest absolute Gasteiger partial charge is 0.0326 e. The van der Waals surface area contributed by atoms with Crippen LogP contribution in [-0.2, 0) is 0 Å². The lowest BCUT2D eigenvalue weighted by Gasteiger charge is -2.14. The van der Waals surface area contributed by atoms with Gasteiger partial charge in [-0.3, -0.25) is 0 Å². The molecule has 4 heteroatoms. The molecular formula is C30H26N4. The van der Waals surface area contributed by atoms with Crippen molar-refractivity contribution in [1.82, 2.24) is 0 Å². The van der Waals surface area contributed by atoms with E-state index in [0.717, 1.165) is 55.9 Å². The van der Waals surface area contributed by atoms with Crippen molar-refractivity contribution in [1.29, 1.82) is 0 Å². The first-order chi connectivity index (χ1) is 16.4. The van der Waals surface area contributed by atoms with Crippen molar-refractivity contribution in [3.63, 3.8) is 0 Å². The van der Waals surface area contributed by atoms with E-state index >= 15 is 0 Å². The van der Waals surface area contributed by atoms with Gasteiger partial charge in [-0.15, -0.1) is 0 Å². The highest BCUT2D eigenvalue weighted by Gasteiger charge is 2.10. The Kier molecular flexibility index (Phi) is 5.40. The Morgan fingerprint density at radius 1 is 0.265 bits per heavy atom. The molecule has 0 radical (unpaired) electrons. The summed E-state index contributed by atoms with van der Waals surface area (Å²) in [6, 6.07) is 36.3. The van der Waals surface area contributed by atoms with Gasteiger partial charge in [-0.05, 0) is 117 Å². The Labute approximate surface area is 199 Å². The minimum absolute atomic E-state index is 0.690. The van der Waals surface area contributed by atoms with Crippen molar-refractivity contribution in [2.24, 2.45) is 0 Å². The molecule has 0 spiro atoms. The van der Waals surface area contributed by atoms with Crippen molar-refractivity contribution >= 4 is 22.7 Å². The third-order valence-electron chi connectivity index (χ3n) is 5.88. The average Bonchev–Trinajstić information content (AvgIpc) is 2.83. The summed E-state index contributed by atoms with van der Waals surface area (Å²) in [6.45, 7) is 0. The molecule has 0 aliphatic heterocycles. The molecule has 8 N–H and O–H groups in total. The molecule has 0 saturated carbocycles. The minimum Gasteiger partial charge on any atom is -0.399 e. The molecule has 0 heterocycles. The van der Waals surface area contributed by atoms with Crippen LogP contribution in [0.3, 0.4) is 0 Å². The number of nitrogens with two attached hydrogens (primary N) is 4. The standard InChI is InChI=1S/C30H26N4/c31-27-7-1-4-19(14-27)22-10-23(20-5-2-8-28(32)15-20)12-24(11-22)26-13-25(17-30(34)18-26)21-6-3-9-29(33)16-21/h1-18H,31-34H2. The monoisotopic (exact) mass is 442 g/mol. The topological polar surface area (TPSA) is 104 Å². The van der Waals surface area contributed by atoms with E-state index in [2.05, 4.69) is 36.4 Å². The van der Waals surface area contributed by atoms with Gasteiger partial charge in [0.15, 0.2) is 0 Å². The molecule has 0 saturated heterocycles. The second-order valence-corrected chi connectivity index (χ2v) is 8.52. The number of hydrogen-bond acceptors (Lipinski definition) is 4. The molecule has 0 atom stereocenters. The van der Waals surface area contributed by atoms with Crippen LogP contribution in [-0.4, -0.2) is 0 Å². The third-order valence-corrected chi connectivity index (χ3v) is 5.88. The van der Waals surface area contributed by atoms with E-state index in [0.29, 0.717) is 11.4 Å². The van der Waals surface area contributed by atoms with Gasteiger partial charge in [-0.25, -0.2) is 0 Å². The minimum atomic E-state index is 0.690. The zero-order valence-corrected chi connectivity index (χ0v) is 18.7. The number of benzene rings is 5. The maximum absolute atomic E-state index is 6.35. The van der Waals surface area contributed by atoms with E-state index in [1.165, 1.54) is 0 Å². The van der Waals surface area contributed by atoms with Gasteiger partial charge in [0, 0.05) is 22.7 Å². The summed E-state index contributed by atoms with van der Waals surface area (Å²) in [5.41, 5.74) is 35.7. The second-order valence-electron chi connectivity index (χ2n) is 8.52. The summed E-state index contributed by atoms with van der Waals surface area (Å²) in [5.74, 6) is 0. The molecule has 5 aromatic carbocycles. The summed E-state index contributed by atoms with van der Waals surface area (Å²) < 4.78 is 0. The molecule has 0 bridgehead atoms. The highest BCUT2D eigenvalue weighted by Crippen LogP contribution is 2.36. The van der Waals surface area contributed by atoms with Gasteiger partial charge >= 0.3 is 0 Å². The van der Waals surface area contributed by atoms with Crippen LogP contribution in [0, 0.1) is 0 Å². The molecule has 34 heavy (non-hydrogen) atoms. The van der Waals surface area contributed by atoms with Gasteiger partial charge in [0.2, 0.25) is 0 Å². The van der Waals surface area contributed by atoms with Crippen molar-refractivity contribution in [2.45, 2.75) is 0 Å². The molecule has 0 fully saturated rings. The van der Waals surface area contributed by atoms with Crippen LogP contribution in [0.4, 0.5) is 22.7 Å². The highest BCUT2D eigenvalue weighted by molar-refractivity contribution is 5.85. The first-order valence-corrected chi connectivity index (χ1v) is 11.1. The van der Waals surface area contributed by atoms with Crippen LogP contribution in [0.5, 0.6) is 0 Å². The van der Waals surface area contributed by atoms with E-state index in [1.54, 1.807) is 0 Å². The van der Waals surface area contributed by atoms with Gasteiger partial charge in [-0.2, -0.15) is 0 Å². The SMILES string of the molecule is Nc1cccc(-c2cc(N)cc(-c3cc(-c4cccc(N)c4)cc(-c4cccc(N)c4)c3)c2)c1. The Morgan fingerprint density at radius 2 is 0.529 bits per heavy atom. The summed E-state index contributed by atoms with van der Waals surface area (Å²) in [7, 11) is 0. The van der Waals surface area contributed by atoms with Gasteiger partial charge in [0.25, 0.3) is 0 Å². The average molecular weight is 443 g/mol. The van der Waals surface area contributed by atoms with Crippen molar-refractivity contribution < 1.29 is 0 Å². The van der Waals surface area contributed by atoms with Gasteiger partial charge < -0.3 is 22.9 Å². The Balaban J connectivity index is 1.71. The first-order valence-electron chi connectivity index (χ1n) is 11.1. The Hall–Kier alpha value is -4.70. The normalized spacial score (nSPS) is 10.8. The summed E-state index contributed by atoms with van der Waals surface area (Å²) >= 11 is 0. The van der Waals surface area contributed by atoms with Crippen molar-refractivity contribution in [3.05, 3.63) is 109 Å². The summed E-state index contributed by atoms with van der Waals surface area (Å²) in [6.07, 6.45) is 0. The maximum Gasteiger partial charge on any atom is 0.0326 e. The lowest BCUT2D eigenvalue weighted by molar-refractivity contribution is 1.55. The lowest BCUT2D eigenvalue weighted by Crippen LogP contribution is -1.92. The molecule has 0 aliphatic rings. The zero-order valence-electron chi connectivity index (χ0n) is 18.7. The molecule has 5 rings (SSSR count). The zero-order chi connectivity index (χ0) is 23.7. The maximum atomic E-state index is 6.35. The van der Waals surface area contributed by atoms with Crippen LogP contribution in [0.1, 0.15) is 0 Å². The molecular weight excluding hydrogens is 416 g/mol. The van der Waals surface area contributed by atoms with E-state index < -0.39 is 0 Å². The number of rotatable bonds is 4. The quantitative estimate of drug-likeness (QED) is 0.233. The van der Waals surface area contributed by atoms with Crippen molar-refractivity contribution in [2.75, 3.05) is 22.9 Å². The van der Waals surface area contributed by atoms with E-state index in [4.69, 9.17) is 22.9 Å². The second kappa shape index (κ2) is 8.68. The fourth-order valence-electron chi connectivity index (χ4n) is 4.27. The molecule has 166 valence electrons. The number of anilines is 4. The van der Waals surface area contributed by atoms with Crippen LogP contribution < -0.4 is 22.9 Å². The predicted octanol–water partition coefficient (Wildman–Crippen LogP) is 6.68. The highest BCUT2D eigenvalue weighted by atomic mass is 14.6. The van der Waals surface area contributed by atoms with Crippen molar-refractivity contribution in [3.8, 4) is 44.5 Å². The van der Waals surface area contributed by atoms with Gasteiger partial charge in [0.1, 0.15) is 0 Å². The van der Waals surface area contributed by atoms with Crippen LogP contribution in [0.25, 0.3) is 44.5 Å². The molecule has 0 unspecified atom stereocenters. The fourth-order valence-corrected chi connectivity index (χ4v) is 4.27. The lowest BCUT2D eigenvalue weighted by atomic mass is 9.91. The molecule has 0 aliphatic carbocycles. The summed E-state index contributed by atoms with van der Waals surface area (Å²) in [4.78, 5) is 0. The molecule has 5 aromatic rings. The predicted molar refractivity (Wildman–Crippen MR) is 146 cm³/mol. The Bertz CT molecular complexity index is 1440. The molecule has 0 amide bonds. The van der Waals surface area contributed by atoms with Gasteiger partial charge in [0.05, 0.1) is 0 Å². The summed E-state index contributed by atoms with van der Waals surface area (Å²) in [5, 5.41) is 0. The number of nitrogen functional groups attached to an aromatic ring is 4. The van der Waals surface area contributed by atoms with Crippen LogP contribution in [0.2, 0.25) is 0 Å². The van der Waals surface area contributed by atoms with Gasteiger partial charge in [-0.1, -0.05) is 36.4 Å². The largest absolute Gasteiger partial charge is 0.399 e. The first kappa shape index (κ1) is 21.2. The molecule has 0 aromatic heterocycles. The molecule has 4 nitrogen and oxygen atoms in total.